The minimum absolute atomic E-state index is 0.480. The van der Waals surface area contributed by atoms with Crippen molar-refractivity contribution < 1.29 is 0 Å². The Morgan fingerprint density at radius 2 is 2.00 bits per heavy atom. The van der Waals surface area contributed by atoms with Gasteiger partial charge in [0.1, 0.15) is 0 Å². The lowest BCUT2D eigenvalue weighted by atomic mass is 10.1. The predicted molar refractivity (Wildman–Crippen MR) is 83.4 cm³/mol. The third-order valence-corrected chi connectivity index (χ3v) is 3.86. The van der Waals surface area contributed by atoms with Crippen LogP contribution in [0, 0.1) is 0 Å². The fourth-order valence-corrected chi connectivity index (χ4v) is 2.52. The zero-order chi connectivity index (χ0) is 13.2. The number of benzene rings is 1. The summed E-state index contributed by atoms with van der Waals surface area (Å²) in [5.74, 6) is 1.24. The molecule has 1 aromatic rings. The van der Waals surface area contributed by atoms with Crippen LogP contribution in [-0.2, 0) is 0 Å². The Morgan fingerprint density at radius 1 is 1.28 bits per heavy atom. The zero-order valence-corrected chi connectivity index (χ0v) is 12.7. The second kappa shape index (κ2) is 9.42. The maximum Gasteiger partial charge on any atom is 0.0469 e. The van der Waals surface area contributed by atoms with Crippen molar-refractivity contribution in [3.63, 3.8) is 0 Å². The normalized spacial score (nSPS) is 12.9. The number of hydrogen-bond donors (Lipinski definition) is 1. The van der Waals surface area contributed by atoms with Gasteiger partial charge in [0.15, 0.2) is 0 Å². The monoisotopic (exact) mass is 266 g/mol. The lowest BCUT2D eigenvalue weighted by molar-refractivity contribution is 0.240. The van der Waals surface area contributed by atoms with Crippen LogP contribution < -0.4 is 5.32 Å². The lowest BCUT2D eigenvalue weighted by Crippen LogP contribution is -2.34. The summed E-state index contributed by atoms with van der Waals surface area (Å²) in [5.41, 5.74) is 1.41. The number of likely N-dealkylation sites (N-methyl/N-ethyl adjacent to an activating group) is 2. The van der Waals surface area contributed by atoms with Crippen LogP contribution in [-0.4, -0.2) is 43.6 Å². The molecule has 1 aromatic carbocycles. The van der Waals surface area contributed by atoms with E-state index >= 15 is 0 Å². The summed E-state index contributed by atoms with van der Waals surface area (Å²) in [5, 5.41) is 3.47. The van der Waals surface area contributed by atoms with Crippen molar-refractivity contribution in [2.24, 2.45) is 0 Å². The molecule has 1 N–H and O–H groups in total. The molecule has 0 spiro atoms. The number of nitrogens with zero attached hydrogens (tertiary/aromatic N) is 1. The van der Waals surface area contributed by atoms with Crippen molar-refractivity contribution in [1.29, 1.82) is 0 Å². The third kappa shape index (κ3) is 5.42. The maximum atomic E-state index is 3.47. The number of hydrogen-bond acceptors (Lipinski definition) is 3. The van der Waals surface area contributed by atoms with Crippen molar-refractivity contribution >= 4 is 11.8 Å². The largest absolute Gasteiger partial charge is 0.315 e. The van der Waals surface area contributed by atoms with Gasteiger partial charge in [-0.1, -0.05) is 37.3 Å². The standard InChI is InChI=1S/C15H26N2S/c1-4-16-13-15(14-9-6-5-7-10-14)17(2)11-8-12-18-3/h5-7,9-10,15-16H,4,8,11-13H2,1-3H3. The molecular weight excluding hydrogens is 240 g/mol. The van der Waals surface area contributed by atoms with Crippen LogP contribution in [0.15, 0.2) is 30.3 Å². The topological polar surface area (TPSA) is 15.3 Å². The molecule has 0 aromatic heterocycles. The molecule has 0 radical (unpaired) electrons. The predicted octanol–water partition coefficient (Wildman–Crippen LogP) is 3.02. The van der Waals surface area contributed by atoms with Crippen LogP contribution >= 0.6 is 11.8 Å². The Bertz CT molecular complexity index is 303. The van der Waals surface area contributed by atoms with Gasteiger partial charge in [0.05, 0.1) is 0 Å². The molecule has 0 aliphatic carbocycles. The molecule has 18 heavy (non-hydrogen) atoms. The van der Waals surface area contributed by atoms with E-state index in [9.17, 15) is 0 Å². The quantitative estimate of drug-likeness (QED) is 0.692. The smallest absolute Gasteiger partial charge is 0.0469 e. The molecule has 0 saturated heterocycles. The molecule has 0 amide bonds. The molecular formula is C15H26N2S. The fraction of sp³-hybridized carbons (Fsp3) is 0.600. The van der Waals surface area contributed by atoms with Gasteiger partial charge in [0, 0.05) is 12.6 Å². The maximum absolute atomic E-state index is 3.47. The first kappa shape index (κ1) is 15.5. The van der Waals surface area contributed by atoms with Crippen LogP contribution in [0.4, 0.5) is 0 Å². The SMILES string of the molecule is CCNCC(c1ccccc1)N(C)CCCSC. The molecule has 0 bridgehead atoms. The van der Waals surface area contributed by atoms with Gasteiger partial charge in [0.25, 0.3) is 0 Å². The Morgan fingerprint density at radius 3 is 2.61 bits per heavy atom. The summed E-state index contributed by atoms with van der Waals surface area (Å²) < 4.78 is 0. The van der Waals surface area contributed by atoms with E-state index in [4.69, 9.17) is 0 Å². The first-order valence-electron chi connectivity index (χ1n) is 6.74. The third-order valence-electron chi connectivity index (χ3n) is 3.16. The highest BCUT2D eigenvalue weighted by molar-refractivity contribution is 7.98. The summed E-state index contributed by atoms with van der Waals surface area (Å²) >= 11 is 1.93. The van der Waals surface area contributed by atoms with Crippen molar-refractivity contribution in [2.75, 3.05) is 38.7 Å². The highest BCUT2D eigenvalue weighted by atomic mass is 32.2. The summed E-state index contributed by atoms with van der Waals surface area (Å²) in [6, 6.07) is 11.3. The minimum atomic E-state index is 0.480. The molecule has 0 aliphatic heterocycles. The van der Waals surface area contributed by atoms with E-state index in [-0.39, 0.29) is 0 Å². The van der Waals surface area contributed by atoms with Gasteiger partial charge in [-0.05, 0) is 44.1 Å². The van der Waals surface area contributed by atoms with E-state index in [1.165, 1.54) is 17.7 Å². The average Bonchev–Trinajstić information content (AvgIpc) is 2.41. The van der Waals surface area contributed by atoms with Gasteiger partial charge < -0.3 is 5.32 Å². The molecule has 0 saturated carbocycles. The van der Waals surface area contributed by atoms with E-state index < -0.39 is 0 Å². The van der Waals surface area contributed by atoms with Crippen LogP contribution in [0.2, 0.25) is 0 Å². The molecule has 1 unspecified atom stereocenters. The van der Waals surface area contributed by atoms with E-state index in [0.717, 1.165) is 19.6 Å². The molecule has 1 atom stereocenters. The summed E-state index contributed by atoms with van der Waals surface area (Å²) in [6.07, 6.45) is 3.43. The fourth-order valence-electron chi connectivity index (χ4n) is 2.10. The Labute approximate surface area is 116 Å². The van der Waals surface area contributed by atoms with E-state index in [1.807, 2.05) is 11.8 Å². The van der Waals surface area contributed by atoms with Crippen molar-refractivity contribution in [3.8, 4) is 0 Å². The summed E-state index contributed by atoms with van der Waals surface area (Å²) in [6.45, 7) is 5.37. The molecule has 2 nitrogen and oxygen atoms in total. The first-order chi connectivity index (χ1) is 8.79. The van der Waals surface area contributed by atoms with Crippen LogP contribution in [0.25, 0.3) is 0 Å². The molecule has 0 heterocycles. The van der Waals surface area contributed by atoms with Gasteiger partial charge in [-0.2, -0.15) is 11.8 Å². The average molecular weight is 266 g/mol. The molecule has 1 rings (SSSR count). The van der Waals surface area contributed by atoms with E-state index in [2.05, 4.69) is 60.8 Å². The Hall–Kier alpha value is -0.510. The number of rotatable bonds is 9. The number of nitrogens with one attached hydrogen (secondary N) is 1. The van der Waals surface area contributed by atoms with Crippen molar-refractivity contribution in [1.82, 2.24) is 10.2 Å². The highest BCUT2D eigenvalue weighted by Crippen LogP contribution is 2.18. The number of thioether (sulfide) groups is 1. The van der Waals surface area contributed by atoms with Gasteiger partial charge >= 0.3 is 0 Å². The highest BCUT2D eigenvalue weighted by Gasteiger charge is 2.15. The van der Waals surface area contributed by atoms with Crippen LogP contribution in [0.3, 0.4) is 0 Å². The first-order valence-corrected chi connectivity index (χ1v) is 8.13. The summed E-state index contributed by atoms with van der Waals surface area (Å²) in [4.78, 5) is 2.47. The molecule has 0 aliphatic rings. The van der Waals surface area contributed by atoms with Crippen LogP contribution in [0.5, 0.6) is 0 Å². The molecule has 3 heteroatoms. The van der Waals surface area contributed by atoms with Crippen LogP contribution in [0.1, 0.15) is 24.9 Å². The van der Waals surface area contributed by atoms with Crippen molar-refractivity contribution in [3.05, 3.63) is 35.9 Å². The Balaban J connectivity index is 2.59. The van der Waals surface area contributed by atoms with E-state index in [0.29, 0.717) is 6.04 Å². The second-order valence-corrected chi connectivity index (χ2v) is 5.55. The molecule has 0 fully saturated rings. The van der Waals surface area contributed by atoms with Gasteiger partial charge in [-0.25, -0.2) is 0 Å². The van der Waals surface area contributed by atoms with Crippen molar-refractivity contribution in [2.45, 2.75) is 19.4 Å². The Kier molecular flexibility index (Phi) is 8.14. The lowest BCUT2D eigenvalue weighted by Gasteiger charge is -2.28. The van der Waals surface area contributed by atoms with Gasteiger partial charge in [0.2, 0.25) is 0 Å². The second-order valence-electron chi connectivity index (χ2n) is 4.56. The van der Waals surface area contributed by atoms with Gasteiger partial charge in [-0.15, -0.1) is 0 Å². The summed E-state index contributed by atoms with van der Waals surface area (Å²) in [7, 11) is 2.23. The minimum Gasteiger partial charge on any atom is -0.315 e. The zero-order valence-electron chi connectivity index (χ0n) is 11.9. The van der Waals surface area contributed by atoms with Gasteiger partial charge in [-0.3, -0.25) is 4.90 Å². The molecule has 102 valence electrons. The van der Waals surface area contributed by atoms with E-state index in [1.54, 1.807) is 0 Å².